The number of ether oxygens (including phenoxy) is 2. The maximum Gasteiger partial charge on any atom is 0.351 e. The molecular weight excluding hydrogens is 316 g/mol. The van der Waals surface area contributed by atoms with Crippen LogP contribution >= 0.6 is 0 Å². The first-order valence-corrected chi connectivity index (χ1v) is 7.55. The molecule has 1 unspecified atom stereocenters. The molecule has 1 aliphatic rings. The molecule has 10 heteroatoms. The number of azide groups is 1. The van der Waals surface area contributed by atoms with Crippen LogP contribution in [0.5, 0.6) is 0 Å². The van der Waals surface area contributed by atoms with Gasteiger partial charge in [0, 0.05) is 24.0 Å². The Morgan fingerprint density at radius 2 is 2.38 bits per heavy atom. The molecule has 10 nitrogen and oxygen atoms in total. The van der Waals surface area contributed by atoms with Crippen molar-refractivity contribution >= 4 is 11.8 Å². The van der Waals surface area contributed by atoms with Crippen LogP contribution in [0.2, 0.25) is 0 Å². The highest BCUT2D eigenvalue weighted by Crippen LogP contribution is 2.45. The van der Waals surface area contributed by atoms with Crippen LogP contribution < -0.4 is 11.4 Å². The molecule has 0 bridgehead atoms. The zero-order valence-electron chi connectivity index (χ0n) is 13.7. The molecular formula is C14H20N6O4. The molecule has 0 aliphatic carbocycles. The van der Waals surface area contributed by atoms with Crippen molar-refractivity contribution < 1.29 is 14.3 Å². The van der Waals surface area contributed by atoms with Gasteiger partial charge in [0.2, 0.25) is 0 Å². The highest BCUT2D eigenvalue weighted by atomic mass is 16.6. The third-order valence-electron chi connectivity index (χ3n) is 4.39. The minimum absolute atomic E-state index is 0.0621. The van der Waals surface area contributed by atoms with Crippen LogP contribution in [0.4, 0.5) is 5.82 Å². The van der Waals surface area contributed by atoms with E-state index in [1.807, 2.05) is 13.8 Å². The number of carbonyl (C=O) groups is 1. The Hall–Kier alpha value is -2.58. The van der Waals surface area contributed by atoms with E-state index in [9.17, 15) is 9.59 Å². The molecule has 24 heavy (non-hydrogen) atoms. The fourth-order valence-corrected chi connectivity index (χ4v) is 3.00. The first kappa shape index (κ1) is 17.8. The molecule has 0 radical (unpaired) electrons. The summed E-state index contributed by atoms with van der Waals surface area (Å²) < 4.78 is 12.7. The molecule has 4 atom stereocenters. The van der Waals surface area contributed by atoms with Crippen molar-refractivity contribution in [1.82, 2.24) is 9.55 Å². The van der Waals surface area contributed by atoms with Gasteiger partial charge in [0.05, 0.1) is 12.1 Å². The molecule has 130 valence electrons. The highest BCUT2D eigenvalue weighted by Gasteiger charge is 2.54. The number of esters is 1. The third-order valence-corrected chi connectivity index (χ3v) is 4.39. The van der Waals surface area contributed by atoms with Crippen molar-refractivity contribution in [2.45, 2.75) is 45.1 Å². The second-order valence-electron chi connectivity index (χ2n) is 5.72. The van der Waals surface area contributed by atoms with Crippen LogP contribution in [0.3, 0.4) is 0 Å². The van der Waals surface area contributed by atoms with E-state index in [4.69, 9.17) is 20.7 Å². The largest absolute Gasteiger partial charge is 0.457 e. The molecule has 0 aromatic carbocycles. The standard InChI is InChI=1S/C14H20N6O4/c1-4-14(7-17-19-16)8(2)11(23-9(3)21)12(24-14)20-6-5-10(15)18-13(20)22/h5-6,8,11-12H,4,7H2,1-3H3,(H2,15,18,22)/t8-,11?,12+,14-/m0/s1. The Balaban J connectivity index is 2.48. The van der Waals surface area contributed by atoms with E-state index in [0.29, 0.717) is 6.42 Å². The van der Waals surface area contributed by atoms with Gasteiger partial charge in [-0.3, -0.25) is 9.36 Å². The molecule has 2 heterocycles. The topological polar surface area (TPSA) is 145 Å². The molecule has 1 fully saturated rings. The lowest BCUT2D eigenvalue weighted by Gasteiger charge is -2.30. The fourth-order valence-electron chi connectivity index (χ4n) is 3.00. The summed E-state index contributed by atoms with van der Waals surface area (Å²) in [6, 6.07) is 1.46. The van der Waals surface area contributed by atoms with Crippen molar-refractivity contribution in [3.05, 3.63) is 33.2 Å². The van der Waals surface area contributed by atoms with E-state index >= 15 is 0 Å². The lowest BCUT2D eigenvalue weighted by Crippen LogP contribution is -2.39. The lowest BCUT2D eigenvalue weighted by atomic mass is 9.85. The number of nitrogens with zero attached hydrogens (tertiary/aromatic N) is 5. The molecule has 1 aromatic heterocycles. The predicted octanol–water partition coefficient (Wildman–Crippen LogP) is 1.38. The maximum absolute atomic E-state index is 12.1. The maximum atomic E-state index is 12.1. The first-order chi connectivity index (χ1) is 11.3. The second-order valence-corrected chi connectivity index (χ2v) is 5.72. The van der Waals surface area contributed by atoms with Gasteiger partial charge in [0.1, 0.15) is 5.82 Å². The summed E-state index contributed by atoms with van der Waals surface area (Å²) in [7, 11) is 0. The summed E-state index contributed by atoms with van der Waals surface area (Å²) in [6.45, 7) is 5.06. The van der Waals surface area contributed by atoms with Gasteiger partial charge in [-0.05, 0) is 18.0 Å². The highest BCUT2D eigenvalue weighted by molar-refractivity contribution is 5.66. The molecule has 1 aromatic rings. The average molecular weight is 336 g/mol. The van der Waals surface area contributed by atoms with Gasteiger partial charge in [0.25, 0.3) is 0 Å². The van der Waals surface area contributed by atoms with Gasteiger partial charge in [-0.2, -0.15) is 4.98 Å². The second kappa shape index (κ2) is 6.90. The number of anilines is 1. The molecule has 2 rings (SSSR count). The monoisotopic (exact) mass is 336 g/mol. The van der Waals surface area contributed by atoms with Gasteiger partial charge in [-0.25, -0.2) is 4.79 Å². The number of nitrogen functional groups attached to an aromatic ring is 1. The van der Waals surface area contributed by atoms with Crippen LogP contribution in [0.1, 0.15) is 33.4 Å². The summed E-state index contributed by atoms with van der Waals surface area (Å²) in [5.41, 5.74) is 12.7. The van der Waals surface area contributed by atoms with E-state index in [-0.39, 0.29) is 18.3 Å². The average Bonchev–Trinajstić information content (AvgIpc) is 2.79. The molecule has 0 spiro atoms. The van der Waals surface area contributed by atoms with Crippen LogP contribution in [0, 0.1) is 5.92 Å². The van der Waals surface area contributed by atoms with Gasteiger partial charge in [0.15, 0.2) is 12.3 Å². The van der Waals surface area contributed by atoms with Crippen LogP contribution in [0.25, 0.3) is 10.4 Å². The van der Waals surface area contributed by atoms with Gasteiger partial charge >= 0.3 is 11.7 Å². The summed E-state index contributed by atoms with van der Waals surface area (Å²) in [5.74, 6) is -0.707. The summed E-state index contributed by atoms with van der Waals surface area (Å²) >= 11 is 0. The minimum Gasteiger partial charge on any atom is -0.457 e. The number of hydrogen-bond acceptors (Lipinski definition) is 7. The van der Waals surface area contributed by atoms with E-state index in [0.717, 1.165) is 0 Å². The van der Waals surface area contributed by atoms with Crippen molar-refractivity contribution in [3.8, 4) is 0 Å². The predicted molar refractivity (Wildman–Crippen MR) is 84.8 cm³/mol. The fraction of sp³-hybridized carbons (Fsp3) is 0.643. The number of hydrogen-bond donors (Lipinski definition) is 1. The lowest BCUT2D eigenvalue weighted by molar-refractivity contribution is -0.154. The van der Waals surface area contributed by atoms with Crippen LogP contribution in [0.15, 0.2) is 22.2 Å². The number of rotatable bonds is 5. The van der Waals surface area contributed by atoms with E-state index in [1.165, 1.54) is 23.8 Å². The Morgan fingerprint density at radius 1 is 1.67 bits per heavy atom. The Bertz CT molecular complexity index is 728. The minimum atomic E-state index is -0.877. The SMILES string of the molecule is CC[C@@]1(CN=[N+]=[N-])O[C@@H](n2ccc(N)nc2=O)C(OC(C)=O)[C@@H]1C. The first-order valence-electron chi connectivity index (χ1n) is 7.55. The molecule has 0 saturated carbocycles. The normalized spacial score (nSPS) is 29.0. The van der Waals surface area contributed by atoms with Gasteiger partial charge in [-0.15, -0.1) is 0 Å². The summed E-state index contributed by atoms with van der Waals surface area (Å²) in [5, 5.41) is 3.62. The van der Waals surface area contributed by atoms with Crippen LogP contribution in [-0.4, -0.2) is 33.8 Å². The number of carbonyl (C=O) groups excluding carboxylic acids is 1. The molecule has 2 N–H and O–H groups in total. The zero-order valence-corrected chi connectivity index (χ0v) is 13.7. The summed E-state index contributed by atoms with van der Waals surface area (Å²) in [6.07, 6.45) is 0.356. The Labute approximate surface area is 138 Å². The van der Waals surface area contributed by atoms with Crippen molar-refractivity contribution in [2.75, 3.05) is 12.3 Å². The van der Waals surface area contributed by atoms with Crippen molar-refractivity contribution in [3.63, 3.8) is 0 Å². The Kier molecular flexibility index (Phi) is 5.10. The van der Waals surface area contributed by atoms with Gasteiger partial charge < -0.3 is 15.2 Å². The van der Waals surface area contributed by atoms with E-state index < -0.39 is 29.6 Å². The molecule has 0 amide bonds. The smallest absolute Gasteiger partial charge is 0.351 e. The Morgan fingerprint density at radius 3 is 2.92 bits per heavy atom. The summed E-state index contributed by atoms with van der Waals surface area (Å²) in [4.78, 5) is 30.1. The van der Waals surface area contributed by atoms with E-state index in [1.54, 1.807) is 0 Å². The third kappa shape index (κ3) is 3.19. The van der Waals surface area contributed by atoms with Crippen molar-refractivity contribution in [2.24, 2.45) is 11.0 Å². The molecule has 1 aliphatic heterocycles. The van der Waals surface area contributed by atoms with E-state index in [2.05, 4.69) is 15.0 Å². The number of aromatic nitrogens is 2. The molecule has 1 saturated heterocycles. The number of nitrogens with two attached hydrogens (primary N) is 1. The quantitative estimate of drug-likeness (QED) is 0.372. The zero-order chi connectivity index (χ0) is 17.9. The van der Waals surface area contributed by atoms with Gasteiger partial charge in [-0.1, -0.05) is 19.0 Å². The van der Waals surface area contributed by atoms with Crippen molar-refractivity contribution in [1.29, 1.82) is 0 Å². The van der Waals surface area contributed by atoms with Crippen LogP contribution in [-0.2, 0) is 14.3 Å².